The van der Waals surface area contributed by atoms with Crippen molar-refractivity contribution < 1.29 is 4.42 Å². The maximum Gasteiger partial charge on any atom is 0.219 e. The van der Waals surface area contributed by atoms with E-state index in [-0.39, 0.29) is 6.04 Å². The Morgan fingerprint density at radius 1 is 1.06 bits per heavy atom. The third kappa shape index (κ3) is 6.22. The lowest BCUT2D eigenvalue weighted by molar-refractivity contribution is 0.146. The number of hydrogen-bond acceptors (Lipinski definition) is 6. The topological polar surface area (TPSA) is 63.2 Å². The van der Waals surface area contributed by atoms with Crippen LogP contribution < -0.4 is 4.90 Å². The Balaban J connectivity index is 1.64. The van der Waals surface area contributed by atoms with E-state index in [4.69, 9.17) is 9.40 Å². The lowest BCUT2D eigenvalue weighted by Gasteiger charge is -2.30. The predicted octanol–water partition coefficient (Wildman–Crippen LogP) is 5.52. The quantitative estimate of drug-likeness (QED) is 0.442. The highest BCUT2D eigenvalue weighted by atomic mass is 16.4. The zero-order valence-electron chi connectivity index (χ0n) is 20.4. The molecule has 0 saturated carbocycles. The zero-order valence-corrected chi connectivity index (χ0v) is 20.4. The summed E-state index contributed by atoms with van der Waals surface area (Å²) < 4.78 is 8.45. The molecule has 4 bridgehead atoms. The Kier molecular flexibility index (Phi) is 8.15. The van der Waals surface area contributed by atoms with Gasteiger partial charge in [-0.05, 0) is 38.3 Å². The van der Waals surface area contributed by atoms with Crippen LogP contribution in [-0.2, 0) is 19.6 Å². The highest BCUT2D eigenvalue weighted by Gasteiger charge is 2.27. The van der Waals surface area contributed by atoms with Crippen LogP contribution in [0.4, 0.5) is 5.88 Å². The lowest BCUT2D eigenvalue weighted by atomic mass is 10.0. The fourth-order valence-corrected chi connectivity index (χ4v) is 4.72. The largest absolute Gasteiger partial charge is 0.423 e. The molecule has 1 atom stereocenters. The number of nitrogens with zero attached hydrogens (tertiary/aromatic N) is 6. The molecule has 33 heavy (non-hydrogen) atoms. The molecule has 2 aromatic heterocycles. The fourth-order valence-electron chi connectivity index (χ4n) is 4.72. The summed E-state index contributed by atoms with van der Waals surface area (Å²) in [6, 6.07) is 10.9. The smallest absolute Gasteiger partial charge is 0.219 e. The summed E-state index contributed by atoms with van der Waals surface area (Å²) in [5.41, 5.74) is 3.22. The minimum atomic E-state index is 0.177. The molecule has 3 heterocycles. The van der Waals surface area contributed by atoms with Gasteiger partial charge in [0.05, 0.1) is 18.8 Å². The van der Waals surface area contributed by atoms with Crippen molar-refractivity contribution in [3.63, 3.8) is 0 Å². The molecule has 0 N–H and O–H groups in total. The van der Waals surface area contributed by atoms with Crippen molar-refractivity contribution in [1.29, 1.82) is 0 Å². The van der Waals surface area contributed by atoms with E-state index in [2.05, 4.69) is 57.4 Å². The monoisotopic (exact) mass is 450 g/mol. The SMILES string of the molecule is CCCCCCC1c2nc(C)c(o2)N(C)Cc2cn(nn2)CCCCN1Cc1ccccc1. The average Bonchev–Trinajstić information content (AvgIpc) is 3.42. The Morgan fingerprint density at radius 2 is 1.88 bits per heavy atom. The number of hydrogen-bond donors (Lipinski definition) is 0. The van der Waals surface area contributed by atoms with Gasteiger partial charge in [-0.1, -0.05) is 68.2 Å². The normalized spacial score (nSPS) is 17.8. The molecule has 1 aliphatic heterocycles. The van der Waals surface area contributed by atoms with Gasteiger partial charge in [-0.15, -0.1) is 5.10 Å². The third-order valence-corrected chi connectivity index (χ3v) is 6.49. The van der Waals surface area contributed by atoms with Crippen molar-refractivity contribution in [3.8, 4) is 0 Å². The van der Waals surface area contributed by atoms with Crippen molar-refractivity contribution in [3.05, 3.63) is 59.4 Å². The second kappa shape index (κ2) is 11.5. The first-order valence-electron chi connectivity index (χ1n) is 12.5. The fraction of sp³-hybridized carbons (Fsp3) is 0.577. The molecule has 1 aromatic carbocycles. The van der Waals surface area contributed by atoms with E-state index in [0.29, 0.717) is 6.54 Å². The van der Waals surface area contributed by atoms with E-state index in [1.54, 1.807) is 0 Å². The van der Waals surface area contributed by atoms with Crippen molar-refractivity contribution in [1.82, 2.24) is 24.9 Å². The van der Waals surface area contributed by atoms with Gasteiger partial charge in [0.25, 0.3) is 0 Å². The van der Waals surface area contributed by atoms with Gasteiger partial charge in [-0.2, -0.15) is 0 Å². The van der Waals surface area contributed by atoms with E-state index in [1.165, 1.54) is 31.2 Å². The standard InChI is InChI=1S/C26H38N6O/c1-4-5-6-10-15-24-25-27-21(2)26(33-25)30(3)19-23-20-32(29-28-23)17-12-11-16-31(24)18-22-13-8-7-9-14-22/h7-9,13-14,20,24H,4-6,10-12,15-19H2,1-3H3. The molecule has 3 aromatic rings. The number of fused-ring (bicyclic) bond motifs is 4. The highest BCUT2D eigenvalue weighted by Crippen LogP contribution is 2.33. The summed E-state index contributed by atoms with van der Waals surface area (Å²) in [5, 5.41) is 8.68. The molecule has 0 fully saturated rings. The summed E-state index contributed by atoms with van der Waals surface area (Å²) in [7, 11) is 2.04. The number of aromatic nitrogens is 4. The highest BCUT2D eigenvalue weighted by molar-refractivity contribution is 5.40. The molecule has 0 saturated heterocycles. The molecule has 1 unspecified atom stereocenters. The maximum absolute atomic E-state index is 6.48. The van der Waals surface area contributed by atoms with Crippen LogP contribution >= 0.6 is 0 Å². The van der Waals surface area contributed by atoms with Gasteiger partial charge in [0, 0.05) is 20.1 Å². The van der Waals surface area contributed by atoms with E-state index >= 15 is 0 Å². The Hall–Kier alpha value is -2.67. The number of unbranched alkanes of at least 4 members (excludes halogenated alkanes) is 3. The summed E-state index contributed by atoms with van der Waals surface area (Å²) in [6.45, 7) is 7.77. The van der Waals surface area contributed by atoms with Gasteiger partial charge in [0.2, 0.25) is 11.8 Å². The van der Waals surface area contributed by atoms with E-state index in [1.807, 2.05) is 24.9 Å². The van der Waals surface area contributed by atoms with Crippen molar-refractivity contribution in [2.24, 2.45) is 0 Å². The molecular weight excluding hydrogens is 412 g/mol. The molecule has 4 rings (SSSR count). The van der Waals surface area contributed by atoms with Gasteiger partial charge in [0.15, 0.2) is 0 Å². The minimum absolute atomic E-state index is 0.177. The summed E-state index contributed by atoms with van der Waals surface area (Å²) in [4.78, 5) is 9.63. The molecule has 0 amide bonds. The van der Waals surface area contributed by atoms with Crippen molar-refractivity contribution in [2.45, 2.75) is 84.5 Å². The van der Waals surface area contributed by atoms with Crippen LogP contribution in [-0.4, -0.2) is 38.5 Å². The van der Waals surface area contributed by atoms with Crippen LogP contribution in [0.5, 0.6) is 0 Å². The second-order valence-corrected chi connectivity index (χ2v) is 9.30. The summed E-state index contributed by atoms with van der Waals surface area (Å²) in [5.74, 6) is 1.68. The number of anilines is 1. The zero-order chi connectivity index (χ0) is 23.0. The molecule has 1 aliphatic rings. The third-order valence-electron chi connectivity index (χ3n) is 6.49. The number of aryl methyl sites for hydroxylation is 2. The van der Waals surface area contributed by atoms with Crippen LogP contribution in [0.15, 0.2) is 40.9 Å². The van der Waals surface area contributed by atoms with E-state index < -0.39 is 0 Å². The van der Waals surface area contributed by atoms with Crippen molar-refractivity contribution in [2.75, 3.05) is 18.5 Å². The summed E-state index contributed by atoms with van der Waals surface area (Å²) >= 11 is 0. The van der Waals surface area contributed by atoms with Crippen LogP contribution in [0, 0.1) is 6.92 Å². The van der Waals surface area contributed by atoms with Gasteiger partial charge in [-0.3, -0.25) is 9.58 Å². The van der Waals surface area contributed by atoms with Crippen LogP contribution in [0.2, 0.25) is 0 Å². The van der Waals surface area contributed by atoms with Crippen LogP contribution in [0.25, 0.3) is 0 Å². The molecule has 178 valence electrons. The van der Waals surface area contributed by atoms with Gasteiger partial charge in [0.1, 0.15) is 11.4 Å². The van der Waals surface area contributed by atoms with E-state index in [9.17, 15) is 0 Å². The molecule has 7 heteroatoms. The first kappa shape index (κ1) is 23.5. The Bertz CT molecular complexity index is 982. The van der Waals surface area contributed by atoms with Crippen LogP contribution in [0.1, 0.15) is 80.8 Å². The van der Waals surface area contributed by atoms with Gasteiger partial charge < -0.3 is 9.32 Å². The second-order valence-electron chi connectivity index (χ2n) is 9.30. The first-order chi connectivity index (χ1) is 16.1. The number of rotatable bonds is 7. The molecule has 0 spiro atoms. The Labute approximate surface area is 197 Å². The van der Waals surface area contributed by atoms with Gasteiger partial charge >= 0.3 is 0 Å². The average molecular weight is 451 g/mol. The van der Waals surface area contributed by atoms with Crippen LogP contribution in [0.3, 0.4) is 0 Å². The lowest BCUT2D eigenvalue weighted by Crippen LogP contribution is -2.30. The number of oxazole rings is 1. The number of benzene rings is 1. The van der Waals surface area contributed by atoms with Gasteiger partial charge in [-0.25, -0.2) is 4.98 Å². The van der Waals surface area contributed by atoms with Crippen molar-refractivity contribution >= 4 is 5.88 Å². The summed E-state index contributed by atoms with van der Waals surface area (Å²) in [6.07, 6.45) is 10.3. The maximum atomic E-state index is 6.48. The van der Waals surface area contributed by atoms with E-state index in [0.717, 1.165) is 62.1 Å². The minimum Gasteiger partial charge on any atom is -0.423 e. The predicted molar refractivity (Wildman–Crippen MR) is 131 cm³/mol. The molecule has 7 nitrogen and oxygen atoms in total. The molecular formula is C26H38N6O. The Morgan fingerprint density at radius 3 is 2.70 bits per heavy atom. The first-order valence-corrected chi connectivity index (χ1v) is 12.5. The molecule has 0 radical (unpaired) electrons. The molecule has 0 aliphatic carbocycles.